The molecule has 1 aliphatic heterocycles. The minimum atomic E-state index is 0.381. The van der Waals surface area contributed by atoms with Gasteiger partial charge in [-0.15, -0.1) is 0 Å². The SMILES string of the molecule is CC(C)CCCN1CCCCCC1=O. The van der Waals surface area contributed by atoms with Crippen molar-refractivity contribution in [2.24, 2.45) is 5.92 Å². The third-order valence-corrected chi connectivity index (χ3v) is 2.88. The zero-order valence-electron chi connectivity index (χ0n) is 9.59. The normalized spacial score (nSPS) is 18.8. The van der Waals surface area contributed by atoms with Crippen molar-refractivity contribution in [1.82, 2.24) is 4.90 Å². The predicted octanol–water partition coefficient (Wildman–Crippen LogP) is 2.83. The van der Waals surface area contributed by atoms with E-state index in [2.05, 4.69) is 18.7 Å². The summed E-state index contributed by atoms with van der Waals surface area (Å²) in [5.41, 5.74) is 0. The van der Waals surface area contributed by atoms with Crippen LogP contribution in [0.1, 0.15) is 52.4 Å². The molecule has 0 bridgehead atoms. The van der Waals surface area contributed by atoms with E-state index < -0.39 is 0 Å². The van der Waals surface area contributed by atoms with Gasteiger partial charge in [-0.3, -0.25) is 4.79 Å². The molecule has 0 aromatic heterocycles. The Morgan fingerprint density at radius 3 is 2.79 bits per heavy atom. The molecule has 1 amide bonds. The molecule has 1 heterocycles. The number of rotatable bonds is 4. The van der Waals surface area contributed by atoms with Crippen molar-refractivity contribution in [2.45, 2.75) is 52.4 Å². The third kappa shape index (κ3) is 4.12. The summed E-state index contributed by atoms with van der Waals surface area (Å²) in [7, 11) is 0. The highest BCUT2D eigenvalue weighted by atomic mass is 16.2. The summed E-state index contributed by atoms with van der Waals surface area (Å²) < 4.78 is 0. The Hall–Kier alpha value is -0.530. The lowest BCUT2D eigenvalue weighted by atomic mass is 10.1. The van der Waals surface area contributed by atoms with Gasteiger partial charge >= 0.3 is 0 Å². The van der Waals surface area contributed by atoms with Gasteiger partial charge in [-0.05, 0) is 31.6 Å². The van der Waals surface area contributed by atoms with Gasteiger partial charge in [-0.25, -0.2) is 0 Å². The number of hydrogen-bond acceptors (Lipinski definition) is 1. The second kappa shape index (κ2) is 6.05. The van der Waals surface area contributed by atoms with Gasteiger partial charge in [0.2, 0.25) is 5.91 Å². The average molecular weight is 197 g/mol. The molecule has 0 saturated carbocycles. The number of amides is 1. The first-order chi connectivity index (χ1) is 6.70. The molecule has 0 unspecified atom stereocenters. The van der Waals surface area contributed by atoms with E-state index in [1.807, 2.05) is 0 Å². The number of likely N-dealkylation sites (tertiary alicyclic amines) is 1. The monoisotopic (exact) mass is 197 g/mol. The lowest BCUT2D eigenvalue weighted by Crippen LogP contribution is -2.31. The van der Waals surface area contributed by atoms with Crippen molar-refractivity contribution >= 4 is 5.91 Å². The summed E-state index contributed by atoms with van der Waals surface area (Å²) in [6, 6.07) is 0. The highest BCUT2D eigenvalue weighted by molar-refractivity contribution is 5.76. The van der Waals surface area contributed by atoms with Gasteiger partial charge < -0.3 is 4.90 Å². The van der Waals surface area contributed by atoms with Crippen LogP contribution < -0.4 is 0 Å². The Balaban J connectivity index is 2.23. The first-order valence-corrected chi connectivity index (χ1v) is 5.98. The molecule has 0 N–H and O–H groups in total. The van der Waals surface area contributed by atoms with E-state index in [1.165, 1.54) is 25.7 Å². The fourth-order valence-corrected chi connectivity index (χ4v) is 1.97. The van der Waals surface area contributed by atoms with Crippen molar-refractivity contribution in [1.29, 1.82) is 0 Å². The van der Waals surface area contributed by atoms with E-state index in [-0.39, 0.29) is 0 Å². The largest absolute Gasteiger partial charge is 0.343 e. The molecule has 82 valence electrons. The van der Waals surface area contributed by atoms with Crippen molar-refractivity contribution in [2.75, 3.05) is 13.1 Å². The molecule has 1 aliphatic rings. The Kier molecular flexibility index (Phi) is 4.99. The highest BCUT2D eigenvalue weighted by Gasteiger charge is 2.15. The third-order valence-electron chi connectivity index (χ3n) is 2.88. The summed E-state index contributed by atoms with van der Waals surface area (Å²) >= 11 is 0. The minimum absolute atomic E-state index is 0.381. The standard InChI is InChI=1S/C12H23NO/c1-11(2)7-6-10-13-9-5-3-4-8-12(13)14/h11H,3-10H2,1-2H3. The van der Waals surface area contributed by atoms with Crippen molar-refractivity contribution < 1.29 is 4.79 Å². The van der Waals surface area contributed by atoms with Crippen LogP contribution in [-0.4, -0.2) is 23.9 Å². The number of carbonyl (C=O) groups is 1. The van der Waals surface area contributed by atoms with E-state index in [0.717, 1.165) is 31.8 Å². The first kappa shape index (κ1) is 11.5. The molecule has 1 rings (SSSR count). The topological polar surface area (TPSA) is 20.3 Å². The smallest absolute Gasteiger partial charge is 0.222 e. The van der Waals surface area contributed by atoms with Crippen LogP contribution in [0.15, 0.2) is 0 Å². The van der Waals surface area contributed by atoms with Crippen LogP contribution in [0, 0.1) is 5.92 Å². The highest BCUT2D eigenvalue weighted by Crippen LogP contribution is 2.12. The average Bonchev–Trinajstić information content (AvgIpc) is 2.31. The van der Waals surface area contributed by atoms with Gasteiger partial charge in [0, 0.05) is 19.5 Å². The summed E-state index contributed by atoms with van der Waals surface area (Å²) in [4.78, 5) is 13.7. The summed E-state index contributed by atoms with van der Waals surface area (Å²) in [6.45, 7) is 6.46. The molecular weight excluding hydrogens is 174 g/mol. The second-order valence-corrected chi connectivity index (χ2v) is 4.73. The maximum absolute atomic E-state index is 11.6. The quantitative estimate of drug-likeness (QED) is 0.678. The molecule has 2 heteroatoms. The van der Waals surface area contributed by atoms with Crippen molar-refractivity contribution in [3.05, 3.63) is 0 Å². The van der Waals surface area contributed by atoms with E-state index in [1.54, 1.807) is 0 Å². The fourth-order valence-electron chi connectivity index (χ4n) is 1.97. The van der Waals surface area contributed by atoms with Crippen LogP contribution in [0.5, 0.6) is 0 Å². The zero-order valence-corrected chi connectivity index (χ0v) is 9.59. The lowest BCUT2D eigenvalue weighted by molar-refractivity contribution is -0.130. The molecule has 0 spiro atoms. The molecular formula is C12H23NO. The van der Waals surface area contributed by atoms with Gasteiger partial charge in [-0.1, -0.05) is 20.3 Å². The molecule has 0 aromatic carbocycles. The second-order valence-electron chi connectivity index (χ2n) is 4.73. The van der Waals surface area contributed by atoms with Crippen LogP contribution in [0.3, 0.4) is 0 Å². The van der Waals surface area contributed by atoms with Crippen LogP contribution in [0.2, 0.25) is 0 Å². The van der Waals surface area contributed by atoms with Gasteiger partial charge in [0.15, 0.2) is 0 Å². The van der Waals surface area contributed by atoms with Gasteiger partial charge in [0.05, 0.1) is 0 Å². The predicted molar refractivity (Wildman–Crippen MR) is 59.1 cm³/mol. The molecule has 1 saturated heterocycles. The molecule has 2 nitrogen and oxygen atoms in total. The number of carbonyl (C=O) groups excluding carboxylic acids is 1. The van der Waals surface area contributed by atoms with Crippen LogP contribution in [-0.2, 0) is 4.79 Å². The van der Waals surface area contributed by atoms with Crippen LogP contribution >= 0.6 is 0 Å². The Bertz CT molecular complexity index is 177. The Morgan fingerprint density at radius 2 is 2.07 bits per heavy atom. The molecule has 0 radical (unpaired) electrons. The molecule has 14 heavy (non-hydrogen) atoms. The maximum atomic E-state index is 11.6. The molecule has 0 aliphatic carbocycles. The first-order valence-electron chi connectivity index (χ1n) is 5.98. The van der Waals surface area contributed by atoms with E-state index in [0.29, 0.717) is 5.91 Å². The van der Waals surface area contributed by atoms with E-state index >= 15 is 0 Å². The van der Waals surface area contributed by atoms with Gasteiger partial charge in [-0.2, -0.15) is 0 Å². The Morgan fingerprint density at radius 1 is 1.29 bits per heavy atom. The van der Waals surface area contributed by atoms with Gasteiger partial charge in [0.1, 0.15) is 0 Å². The number of hydrogen-bond donors (Lipinski definition) is 0. The van der Waals surface area contributed by atoms with E-state index in [9.17, 15) is 4.79 Å². The number of nitrogens with zero attached hydrogens (tertiary/aromatic N) is 1. The van der Waals surface area contributed by atoms with Crippen LogP contribution in [0.25, 0.3) is 0 Å². The molecule has 0 aromatic rings. The van der Waals surface area contributed by atoms with E-state index in [4.69, 9.17) is 0 Å². The zero-order chi connectivity index (χ0) is 10.4. The minimum Gasteiger partial charge on any atom is -0.343 e. The van der Waals surface area contributed by atoms with Crippen LogP contribution in [0.4, 0.5) is 0 Å². The molecule has 1 fully saturated rings. The van der Waals surface area contributed by atoms with Gasteiger partial charge in [0.25, 0.3) is 0 Å². The lowest BCUT2D eigenvalue weighted by Gasteiger charge is -2.20. The fraction of sp³-hybridized carbons (Fsp3) is 0.917. The van der Waals surface area contributed by atoms with Crippen molar-refractivity contribution in [3.63, 3.8) is 0 Å². The molecule has 0 atom stereocenters. The van der Waals surface area contributed by atoms with Crippen molar-refractivity contribution in [3.8, 4) is 0 Å². The Labute approximate surface area is 87.7 Å². The summed E-state index contributed by atoms with van der Waals surface area (Å²) in [5.74, 6) is 1.14. The summed E-state index contributed by atoms with van der Waals surface area (Å²) in [6.07, 6.45) is 6.72. The summed E-state index contributed by atoms with van der Waals surface area (Å²) in [5, 5.41) is 0. The maximum Gasteiger partial charge on any atom is 0.222 e.